The van der Waals surface area contributed by atoms with E-state index in [0.29, 0.717) is 10.7 Å². The van der Waals surface area contributed by atoms with Gasteiger partial charge in [-0.1, -0.05) is 17.7 Å². The van der Waals surface area contributed by atoms with Gasteiger partial charge in [0, 0.05) is 21.8 Å². The standard InChI is InChI=1S/C21H15ClFN3O3/c22-14-6-9-17(21(29)25-16-3-1-2-13(10-16)19(24)27)18(11-14)26-20(28)12-4-7-15(23)8-5-12/h1-11H,(H2,24,27)(H,25,29)(H,26,28). The lowest BCUT2D eigenvalue weighted by atomic mass is 10.1. The molecule has 0 saturated heterocycles. The van der Waals surface area contributed by atoms with E-state index >= 15 is 0 Å². The van der Waals surface area contributed by atoms with Crippen LogP contribution in [-0.2, 0) is 0 Å². The molecule has 0 aliphatic heterocycles. The average Bonchev–Trinajstić information content (AvgIpc) is 2.68. The fourth-order valence-corrected chi connectivity index (χ4v) is 2.73. The number of carbonyl (C=O) groups is 3. The van der Waals surface area contributed by atoms with Gasteiger partial charge in [0.2, 0.25) is 5.91 Å². The molecule has 0 fully saturated rings. The van der Waals surface area contributed by atoms with Crippen LogP contribution in [0.3, 0.4) is 0 Å². The molecule has 8 heteroatoms. The Morgan fingerprint density at radius 1 is 0.828 bits per heavy atom. The minimum absolute atomic E-state index is 0.148. The highest BCUT2D eigenvalue weighted by Crippen LogP contribution is 2.23. The molecule has 0 atom stereocenters. The Morgan fingerprint density at radius 3 is 2.24 bits per heavy atom. The summed E-state index contributed by atoms with van der Waals surface area (Å²) in [7, 11) is 0. The summed E-state index contributed by atoms with van der Waals surface area (Å²) >= 11 is 6.00. The highest BCUT2D eigenvalue weighted by molar-refractivity contribution is 6.31. The second-order valence-corrected chi connectivity index (χ2v) is 6.49. The summed E-state index contributed by atoms with van der Waals surface area (Å²) in [5.74, 6) is -2.16. The van der Waals surface area contributed by atoms with Crippen molar-refractivity contribution < 1.29 is 18.8 Å². The number of halogens is 2. The van der Waals surface area contributed by atoms with Crippen LogP contribution in [0.2, 0.25) is 5.02 Å². The fourth-order valence-electron chi connectivity index (χ4n) is 2.56. The summed E-state index contributed by atoms with van der Waals surface area (Å²) in [6.07, 6.45) is 0. The summed E-state index contributed by atoms with van der Waals surface area (Å²) in [4.78, 5) is 36.4. The van der Waals surface area contributed by atoms with Crippen molar-refractivity contribution in [3.8, 4) is 0 Å². The molecule has 3 aromatic carbocycles. The van der Waals surface area contributed by atoms with E-state index in [1.165, 1.54) is 42.5 Å². The van der Waals surface area contributed by atoms with Crippen LogP contribution in [-0.4, -0.2) is 17.7 Å². The molecule has 4 N–H and O–H groups in total. The summed E-state index contributed by atoms with van der Waals surface area (Å²) in [6, 6.07) is 15.5. The first kappa shape index (κ1) is 20.0. The molecule has 0 aliphatic rings. The predicted molar refractivity (Wildman–Crippen MR) is 109 cm³/mol. The van der Waals surface area contributed by atoms with Crippen molar-refractivity contribution in [3.63, 3.8) is 0 Å². The number of rotatable bonds is 5. The van der Waals surface area contributed by atoms with Crippen LogP contribution in [0.5, 0.6) is 0 Å². The van der Waals surface area contributed by atoms with E-state index in [0.717, 1.165) is 12.1 Å². The van der Waals surface area contributed by atoms with E-state index in [-0.39, 0.29) is 22.4 Å². The lowest BCUT2D eigenvalue weighted by Crippen LogP contribution is -2.19. The molecule has 0 spiro atoms. The average molecular weight is 412 g/mol. The Kier molecular flexibility index (Phi) is 5.90. The molecule has 0 aliphatic carbocycles. The molecule has 146 valence electrons. The van der Waals surface area contributed by atoms with Gasteiger partial charge in [-0.25, -0.2) is 4.39 Å². The molecule has 0 radical (unpaired) electrons. The molecular weight excluding hydrogens is 397 g/mol. The van der Waals surface area contributed by atoms with Gasteiger partial charge in [0.25, 0.3) is 11.8 Å². The Balaban J connectivity index is 1.85. The number of nitrogens with one attached hydrogen (secondary N) is 2. The number of carbonyl (C=O) groups excluding carboxylic acids is 3. The Bertz CT molecular complexity index is 1100. The van der Waals surface area contributed by atoms with Gasteiger partial charge in [-0.15, -0.1) is 0 Å². The van der Waals surface area contributed by atoms with Crippen molar-refractivity contribution in [2.75, 3.05) is 10.6 Å². The molecule has 0 unspecified atom stereocenters. The number of primary amides is 1. The molecular formula is C21H15ClFN3O3. The molecule has 29 heavy (non-hydrogen) atoms. The quantitative estimate of drug-likeness (QED) is 0.589. The van der Waals surface area contributed by atoms with Gasteiger partial charge >= 0.3 is 0 Å². The zero-order valence-corrected chi connectivity index (χ0v) is 15.7. The van der Waals surface area contributed by atoms with Crippen molar-refractivity contribution >= 4 is 40.7 Å². The largest absolute Gasteiger partial charge is 0.366 e. The van der Waals surface area contributed by atoms with Crippen molar-refractivity contribution in [1.82, 2.24) is 0 Å². The van der Waals surface area contributed by atoms with E-state index in [1.54, 1.807) is 12.1 Å². The zero-order chi connectivity index (χ0) is 21.0. The first-order chi connectivity index (χ1) is 13.8. The van der Waals surface area contributed by atoms with Gasteiger partial charge in [-0.2, -0.15) is 0 Å². The second-order valence-electron chi connectivity index (χ2n) is 6.05. The molecule has 3 rings (SSSR count). The SMILES string of the molecule is NC(=O)c1cccc(NC(=O)c2ccc(Cl)cc2NC(=O)c2ccc(F)cc2)c1. The molecule has 3 aromatic rings. The maximum atomic E-state index is 13.1. The molecule has 3 amide bonds. The fraction of sp³-hybridized carbons (Fsp3) is 0. The van der Waals surface area contributed by atoms with E-state index in [4.69, 9.17) is 17.3 Å². The van der Waals surface area contributed by atoms with Gasteiger partial charge in [0.05, 0.1) is 11.3 Å². The van der Waals surface area contributed by atoms with Crippen LogP contribution in [0.4, 0.5) is 15.8 Å². The summed E-state index contributed by atoms with van der Waals surface area (Å²) < 4.78 is 13.1. The molecule has 0 bridgehead atoms. The Labute approximate surface area is 170 Å². The van der Waals surface area contributed by atoms with E-state index in [9.17, 15) is 18.8 Å². The molecule has 0 aromatic heterocycles. The predicted octanol–water partition coefficient (Wildman–Crippen LogP) is 4.08. The van der Waals surface area contributed by atoms with Gasteiger partial charge in [0.15, 0.2) is 0 Å². The van der Waals surface area contributed by atoms with E-state index < -0.39 is 23.5 Å². The van der Waals surface area contributed by atoms with Gasteiger partial charge in [0.1, 0.15) is 5.82 Å². The number of amides is 3. The van der Waals surface area contributed by atoms with Crippen LogP contribution in [0.15, 0.2) is 66.7 Å². The normalized spacial score (nSPS) is 10.3. The van der Waals surface area contributed by atoms with Crippen LogP contribution in [0.25, 0.3) is 0 Å². The third-order valence-corrected chi connectivity index (χ3v) is 4.22. The Morgan fingerprint density at radius 2 is 1.55 bits per heavy atom. The third kappa shape index (κ3) is 4.97. The second kappa shape index (κ2) is 8.53. The van der Waals surface area contributed by atoms with Crippen molar-refractivity contribution in [2.45, 2.75) is 0 Å². The number of hydrogen-bond acceptors (Lipinski definition) is 3. The smallest absolute Gasteiger partial charge is 0.257 e. The van der Waals surface area contributed by atoms with Gasteiger partial charge in [-0.3, -0.25) is 14.4 Å². The van der Waals surface area contributed by atoms with Gasteiger partial charge in [-0.05, 0) is 60.7 Å². The van der Waals surface area contributed by atoms with Crippen molar-refractivity contribution in [2.24, 2.45) is 5.73 Å². The summed E-state index contributed by atoms with van der Waals surface area (Å²) in [6.45, 7) is 0. The topological polar surface area (TPSA) is 101 Å². The minimum Gasteiger partial charge on any atom is -0.366 e. The lowest BCUT2D eigenvalue weighted by molar-refractivity contribution is 0.0994. The highest BCUT2D eigenvalue weighted by atomic mass is 35.5. The number of nitrogens with two attached hydrogens (primary N) is 1. The minimum atomic E-state index is -0.625. The van der Waals surface area contributed by atoms with E-state index in [2.05, 4.69) is 10.6 Å². The summed E-state index contributed by atoms with van der Waals surface area (Å²) in [5.41, 5.74) is 6.38. The number of anilines is 2. The first-order valence-corrected chi connectivity index (χ1v) is 8.79. The van der Waals surface area contributed by atoms with Crippen LogP contribution >= 0.6 is 11.6 Å². The van der Waals surface area contributed by atoms with E-state index in [1.807, 2.05) is 0 Å². The van der Waals surface area contributed by atoms with Gasteiger partial charge < -0.3 is 16.4 Å². The van der Waals surface area contributed by atoms with Crippen molar-refractivity contribution in [1.29, 1.82) is 0 Å². The summed E-state index contributed by atoms with van der Waals surface area (Å²) in [5, 5.41) is 5.56. The number of benzene rings is 3. The maximum absolute atomic E-state index is 13.1. The zero-order valence-electron chi connectivity index (χ0n) is 14.9. The maximum Gasteiger partial charge on any atom is 0.257 e. The molecule has 0 heterocycles. The van der Waals surface area contributed by atoms with Crippen molar-refractivity contribution in [3.05, 3.63) is 94.3 Å². The number of hydrogen-bond donors (Lipinski definition) is 3. The molecule has 6 nitrogen and oxygen atoms in total. The van der Waals surface area contributed by atoms with Crippen LogP contribution in [0, 0.1) is 5.82 Å². The lowest BCUT2D eigenvalue weighted by Gasteiger charge is -2.12. The van der Waals surface area contributed by atoms with Crippen LogP contribution < -0.4 is 16.4 Å². The third-order valence-electron chi connectivity index (χ3n) is 3.99. The molecule has 0 saturated carbocycles. The Hall–Kier alpha value is -3.71. The highest BCUT2D eigenvalue weighted by Gasteiger charge is 2.16. The monoisotopic (exact) mass is 411 g/mol. The first-order valence-electron chi connectivity index (χ1n) is 8.41. The van der Waals surface area contributed by atoms with Crippen LogP contribution in [0.1, 0.15) is 31.1 Å².